The Labute approximate surface area is 108 Å². The molecular weight excluding hydrogens is 224 g/mol. The molecule has 18 heavy (non-hydrogen) atoms. The van der Waals surface area contributed by atoms with E-state index in [1.165, 1.54) is 16.8 Å². The zero-order valence-corrected chi connectivity index (χ0v) is 11.7. The average Bonchev–Trinajstić information content (AvgIpc) is 2.59. The normalized spacial score (nSPS) is 11.0. The molecule has 0 aliphatic rings. The quantitative estimate of drug-likeness (QED) is 0.826. The van der Waals surface area contributed by atoms with E-state index in [0.29, 0.717) is 0 Å². The summed E-state index contributed by atoms with van der Waals surface area (Å²) < 4.78 is 7.76. The van der Waals surface area contributed by atoms with E-state index in [0.717, 1.165) is 11.4 Å². The van der Waals surface area contributed by atoms with Crippen LogP contribution in [0.4, 0.5) is 0 Å². The number of hydrogen-bond acceptors (Lipinski definition) is 2. The summed E-state index contributed by atoms with van der Waals surface area (Å²) in [5.41, 5.74) is 4.64. The SMILES string of the molecule is Cc1cc(OC(C)C)ccc1-c1c(C)ncn1C. The lowest BCUT2D eigenvalue weighted by Gasteiger charge is -2.13. The molecule has 0 saturated heterocycles. The molecule has 2 aromatic rings. The first-order valence-electron chi connectivity index (χ1n) is 6.24. The molecule has 0 radical (unpaired) electrons. The minimum Gasteiger partial charge on any atom is -0.491 e. The second kappa shape index (κ2) is 4.84. The van der Waals surface area contributed by atoms with Gasteiger partial charge in [0.25, 0.3) is 0 Å². The molecular formula is C15H20N2O. The predicted molar refractivity (Wildman–Crippen MR) is 73.9 cm³/mol. The summed E-state index contributed by atoms with van der Waals surface area (Å²) in [6, 6.07) is 6.22. The average molecular weight is 244 g/mol. The van der Waals surface area contributed by atoms with Gasteiger partial charge in [-0.2, -0.15) is 0 Å². The van der Waals surface area contributed by atoms with Crippen molar-refractivity contribution in [1.82, 2.24) is 9.55 Å². The van der Waals surface area contributed by atoms with Crippen molar-refractivity contribution in [2.24, 2.45) is 7.05 Å². The Bertz CT molecular complexity index is 536. The van der Waals surface area contributed by atoms with Crippen LogP contribution in [0.25, 0.3) is 11.3 Å². The van der Waals surface area contributed by atoms with Crippen molar-refractivity contribution in [2.45, 2.75) is 33.8 Å². The predicted octanol–water partition coefficient (Wildman–Crippen LogP) is 3.49. The Hall–Kier alpha value is -1.77. The molecule has 3 heteroatoms. The lowest BCUT2D eigenvalue weighted by Crippen LogP contribution is -2.05. The van der Waals surface area contributed by atoms with Crippen LogP contribution < -0.4 is 4.74 Å². The van der Waals surface area contributed by atoms with Crippen molar-refractivity contribution < 1.29 is 4.74 Å². The lowest BCUT2D eigenvalue weighted by molar-refractivity contribution is 0.242. The topological polar surface area (TPSA) is 27.1 Å². The maximum Gasteiger partial charge on any atom is 0.119 e. The molecule has 96 valence electrons. The molecule has 1 aromatic carbocycles. The number of benzene rings is 1. The Morgan fingerprint density at radius 1 is 1.22 bits per heavy atom. The fourth-order valence-electron chi connectivity index (χ4n) is 2.18. The molecule has 0 unspecified atom stereocenters. The second-order valence-electron chi connectivity index (χ2n) is 4.93. The standard InChI is InChI=1S/C15H20N2O/c1-10(2)18-13-6-7-14(11(3)8-13)15-12(4)16-9-17(15)5/h6-10H,1-5H3. The van der Waals surface area contributed by atoms with E-state index >= 15 is 0 Å². The Morgan fingerprint density at radius 2 is 1.94 bits per heavy atom. The van der Waals surface area contributed by atoms with E-state index < -0.39 is 0 Å². The van der Waals surface area contributed by atoms with Crippen molar-refractivity contribution in [1.29, 1.82) is 0 Å². The van der Waals surface area contributed by atoms with E-state index in [-0.39, 0.29) is 6.10 Å². The van der Waals surface area contributed by atoms with E-state index in [4.69, 9.17) is 4.74 Å². The highest BCUT2D eigenvalue weighted by atomic mass is 16.5. The molecule has 0 saturated carbocycles. The Kier molecular flexibility index (Phi) is 3.41. The van der Waals surface area contributed by atoms with Crippen molar-refractivity contribution >= 4 is 0 Å². The molecule has 0 N–H and O–H groups in total. The molecule has 0 fully saturated rings. The van der Waals surface area contributed by atoms with Crippen molar-refractivity contribution in [3.05, 3.63) is 35.8 Å². The maximum atomic E-state index is 5.71. The number of aromatic nitrogens is 2. The number of hydrogen-bond donors (Lipinski definition) is 0. The number of imidazole rings is 1. The minimum absolute atomic E-state index is 0.202. The van der Waals surface area contributed by atoms with Gasteiger partial charge in [0.05, 0.1) is 23.8 Å². The van der Waals surface area contributed by atoms with Crippen LogP contribution in [0.2, 0.25) is 0 Å². The number of ether oxygens (including phenoxy) is 1. The summed E-state index contributed by atoms with van der Waals surface area (Å²) >= 11 is 0. The van der Waals surface area contributed by atoms with Crippen LogP contribution in [0.3, 0.4) is 0 Å². The van der Waals surface area contributed by atoms with Crippen molar-refractivity contribution in [2.75, 3.05) is 0 Å². The maximum absolute atomic E-state index is 5.71. The van der Waals surface area contributed by atoms with Gasteiger partial charge in [0, 0.05) is 12.6 Å². The number of nitrogens with zero attached hydrogens (tertiary/aromatic N) is 2. The largest absolute Gasteiger partial charge is 0.491 e. The van der Waals surface area contributed by atoms with E-state index in [2.05, 4.69) is 28.6 Å². The summed E-state index contributed by atoms with van der Waals surface area (Å²) in [7, 11) is 2.02. The minimum atomic E-state index is 0.202. The van der Waals surface area contributed by atoms with Crippen LogP contribution >= 0.6 is 0 Å². The third kappa shape index (κ3) is 2.40. The zero-order chi connectivity index (χ0) is 13.3. The molecule has 0 aliphatic heterocycles. The molecule has 0 amide bonds. The summed E-state index contributed by atoms with van der Waals surface area (Å²) in [6.07, 6.45) is 2.05. The van der Waals surface area contributed by atoms with Crippen LogP contribution in [-0.2, 0) is 7.05 Å². The molecule has 0 spiro atoms. The van der Waals surface area contributed by atoms with Crippen molar-refractivity contribution in [3.8, 4) is 17.0 Å². The van der Waals surface area contributed by atoms with Crippen LogP contribution in [0.5, 0.6) is 5.75 Å². The Morgan fingerprint density at radius 3 is 2.44 bits per heavy atom. The van der Waals surface area contributed by atoms with Gasteiger partial charge in [-0.15, -0.1) is 0 Å². The van der Waals surface area contributed by atoms with Crippen LogP contribution in [0, 0.1) is 13.8 Å². The first-order chi connectivity index (χ1) is 8.49. The third-order valence-electron chi connectivity index (χ3n) is 2.94. The molecule has 3 nitrogen and oxygen atoms in total. The smallest absolute Gasteiger partial charge is 0.119 e. The molecule has 0 bridgehead atoms. The summed E-state index contributed by atoms with van der Waals surface area (Å²) in [4.78, 5) is 4.34. The lowest BCUT2D eigenvalue weighted by atomic mass is 10.0. The molecule has 0 atom stereocenters. The van der Waals surface area contributed by atoms with E-state index in [1.807, 2.05) is 40.2 Å². The van der Waals surface area contributed by atoms with Gasteiger partial charge in [0.15, 0.2) is 0 Å². The molecule has 1 heterocycles. The van der Waals surface area contributed by atoms with Gasteiger partial charge in [0.2, 0.25) is 0 Å². The number of aryl methyl sites for hydroxylation is 3. The van der Waals surface area contributed by atoms with Gasteiger partial charge in [-0.25, -0.2) is 4.98 Å². The highest BCUT2D eigenvalue weighted by Gasteiger charge is 2.11. The van der Waals surface area contributed by atoms with E-state index in [9.17, 15) is 0 Å². The highest BCUT2D eigenvalue weighted by molar-refractivity contribution is 5.67. The monoisotopic (exact) mass is 244 g/mol. The number of rotatable bonds is 3. The summed E-state index contributed by atoms with van der Waals surface area (Å²) in [5, 5.41) is 0. The van der Waals surface area contributed by atoms with Crippen LogP contribution in [-0.4, -0.2) is 15.7 Å². The van der Waals surface area contributed by atoms with Gasteiger partial charge in [0.1, 0.15) is 5.75 Å². The third-order valence-corrected chi connectivity index (χ3v) is 2.94. The fraction of sp³-hybridized carbons (Fsp3) is 0.400. The van der Waals surface area contributed by atoms with E-state index in [1.54, 1.807) is 0 Å². The van der Waals surface area contributed by atoms with Gasteiger partial charge in [-0.05, 0) is 51.5 Å². The fourth-order valence-corrected chi connectivity index (χ4v) is 2.18. The summed E-state index contributed by atoms with van der Waals surface area (Å²) in [5.74, 6) is 0.922. The van der Waals surface area contributed by atoms with Crippen LogP contribution in [0.1, 0.15) is 25.1 Å². The van der Waals surface area contributed by atoms with Gasteiger partial charge < -0.3 is 9.30 Å². The zero-order valence-electron chi connectivity index (χ0n) is 11.7. The van der Waals surface area contributed by atoms with Crippen molar-refractivity contribution in [3.63, 3.8) is 0 Å². The summed E-state index contributed by atoms with van der Waals surface area (Å²) in [6.45, 7) is 8.21. The second-order valence-corrected chi connectivity index (χ2v) is 4.93. The van der Waals surface area contributed by atoms with Gasteiger partial charge in [-0.1, -0.05) is 0 Å². The van der Waals surface area contributed by atoms with Crippen LogP contribution in [0.15, 0.2) is 24.5 Å². The Balaban J connectivity index is 2.42. The van der Waals surface area contributed by atoms with Gasteiger partial charge >= 0.3 is 0 Å². The highest BCUT2D eigenvalue weighted by Crippen LogP contribution is 2.28. The first-order valence-corrected chi connectivity index (χ1v) is 6.24. The molecule has 1 aromatic heterocycles. The first kappa shape index (κ1) is 12.7. The van der Waals surface area contributed by atoms with Gasteiger partial charge in [-0.3, -0.25) is 0 Å². The molecule has 0 aliphatic carbocycles. The molecule has 2 rings (SSSR count).